The molecule has 2 aromatic carbocycles. The zero-order chi connectivity index (χ0) is 15.0. The van der Waals surface area contributed by atoms with Crippen molar-refractivity contribution in [1.29, 1.82) is 0 Å². The second kappa shape index (κ2) is 8.26. The third kappa shape index (κ3) is 4.36. The third-order valence-electron chi connectivity index (χ3n) is 3.07. The normalized spacial score (nSPS) is 12.1. The summed E-state index contributed by atoms with van der Waals surface area (Å²) in [5.41, 5.74) is 0. The first kappa shape index (κ1) is 16.1. The van der Waals surface area contributed by atoms with Gasteiger partial charge in [0, 0.05) is 18.4 Å². The highest BCUT2D eigenvalue weighted by atomic mass is 28.4. The summed E-state index contributed by atoms with van der Waals surface area (Å²) < 4.78 is 18.3. The van der Waals surface area contributed by atoms with E-state index in [0.717, 1.165) is 5.19 Å². The lowest BCUT2D eigenvalue weighted by Gasteiger charge is -2.29. The van der Waals surface area contributed by atoms with Crippen LogP contribution in [0.2, 0.25) is 0 Å². The molecule has 0 aliphatic heterocycles. The number of rotatable bonds is 8. The van der Waals surface area contributed by atoms with Crippen LogP contribution in [0.25, 0.3) is 0 Å². The lowest BCUT2D eigenvalue weighted by atomic mass is 10.4. The van der Waals surface area contributed by atoms with Gasteiger partial charge in [-0.1, -0.05) is 60.7 Å². The van der Waals surface area contributed by atoms with Crippen LogP contribution < -0.4 is 10.4 Å². The van der Waals surface area contributed by atoms with Gasteiger partial charge in [0.05, 0.1) is 0 Å². The Balaban J connectivity index is 2.22. The molecule has 3 nitrogen and oxygen atoms in total. The van der Waals surface area contributed by atoms with Gasteiger partial charge in [0.1, 0.15) is 0 Å². The molecule has 0 amide bonds. The maximum atomic E-state index is 6.32. The second-order valence-corrected chi connectivity index (χ2v) is 9.09. The van der Waals surface area contributed by atoms with Crippen molar-refractivity contribution in [2.75, 3.05) is 13.2 Å². The molecule has 0 saturated carbocycles. The fraction of sp³-hybridized carbons (Fsp3) is 0.250. The maximum absolute atomic E-state index is 6.32. The average Bonchev–Trinajstić information content (AvgIpc) is 2.55. The molecule has 0 unspecified atom stereocenters. The van der Waals surface area contributed by atoms with Gasteiger partial charge >= 0.3 is 8.80 Å². The highest BCUT2D eigenvalue weighted by Crippen LogP contribution is 2.10. The van der Waals surface area contributed by atoms with Crippen molar-refractivity contribution in [1.82, 2.24) is 0 Å². The van der Waals surface area contributed by atoms with Gasteiger partial charge in [-0.05, 0) is 19.0 Å². The van der Waals surface area contributed by atoms with E-state index in [2.05, 4.69) is 12.1 Å². The number of benzene rings is 2. The van der Waals surface area contributed by atoms with Gasteiger partial charge in [-0.25, -0.2) is 0 Å². The molecule has 0 saturated heterocycles. The van der Waals surface area contributed by atoms with Crippen LogP contribution in [0.15, 0.2) is 60.7 Å². The Hall–Kier alpha value is -1.25. The first-order valence-corrected chi connectivity index (χ1v) is 10.3. The van der Waals surface area contributed by atoms with E-state index in [-0.39, 0.29) is 0 Å². The van der Waals surface area contributed by atoms with Crippen LogP contribution >= 0.6 is 0 Å². The minimum Gasteiger partial charge on any atom is -0.413 e. The van der Waals surface area contributed by atoms with Gasteiger partial charge in [-0.3, -0.25) is 0 Å². The van der Waals surface area contributed by atoms with Crippen molar-refractivity contribution < 1.29 is 13.0 Å². The summed E-state index contributed by atoms with van der Waals surface area (Å²) in [6, 6.07) is 20.4. The van der Waals surface area contributed by atoms with Crippen molar-refractivity contribution in [2.24, 2.45) is 0 Å². The molecule has 0 spiro atoms. The van der Waals surface area contributed by atoms with Gasteiger partial charge in [0.15, 0.2) is 9.76 Å². The molecule has 2 rings (SSSR count). The van der Waals surface area contributed by atoms with Gasteiger partial charge in [0.2, 0.25) is 0 Å². The monoisotopic (exact) mass is 318 g/mol. The Morgan fingerprint density at radius 1 is 0.810 bits per heavy atom. The van der Waals surface area contributed by atoms with Crippen LogP contribution in [-0.2, 0) is 13.0 Å². The van der Waals surface area contributed by atoms with Gasteiger partial charge in [-0.15, -0.1) is 0 Å². The number of hydrogen-bond donors (Lipinski definition) is 0. The van der Waals surface area contributed by atoms with E-state index >= 15 is 0 Å². The van der Waals surface area contributed by atoms with Crippen LogP contribution in [0.3, 0.4) is 0 Å². The van der Waals surface area contributed by atoms with Crippen molar-refractivity contribution >= 4 is 28.9 Å². The van der Waals surface area contributed by atoms with Crippen molar-refractivity contribution in [3.63, 3.8) is 0 Å². The molecule has 5 heteroatoms. The van der Waals surface area contributed by atoms with E-state index in [4.69, 9.17) is 13.0 Å². The van der Waals surface area contributed by atoms with Crippen LogP contribution in [0.4, 0.5) is 0 Å². The zero-order valence-corrected chi connectivity index (χ0v) is 15.0. The van der Waals surface area contributed by atoms with Crippen molar-refractivity contribution in [2.45, 2.75) is 13.8 Å². The number of hydrogen-bond acceptors (Lipinski definition) is 3. The predicted molar refractivity (Wildman–Crippen MR) is 90.8 cm³/mol. The molecule has 112 valence electrons. The first-order valence-electron chi connectivity index (χ1n) is 7.32. The van der Waals surface area contributed by atoms with E-state index < -0.39 is 18.6 Å². The second-order valence-electron chi connectivity index (χ2n) is 4.56. The Morgan fingerprint density at radius 3 is 1.86 bits per heavy atom. The van der Waals surface area contributed by atoms with E-state index in [1.807, 2.05) is 62.4 Å². The lowest BCUT2D eigenvalue weighted by Crippen LogP contribution is -2.58. The molecule has 2 aromatic rings. The molecule has 0 aliphatic carbocycles. The summed E-state index contributed by atoms with van der Waals surface area (Å²) in [5.74, 6) is 0. The topological polar surface area (TPSA) is 27.7 Å². The van der Waals surface area contributed by atoms with E-state index in [1.165, 1.54) is 5.19 Å². The molecule has 21 heavy (non-hydrogen) atoms. The highest BCUT2D eigenvalue weighted by Gasteiger charge is 2.42. The SMILES string of the molecule is CCO[Si](OCC)(O[SiH2]c1ccccc1)c1ccccc1. The van der Waals surface area contributed by atoms with Crippen LogP contribution in [0.5, 0.6) is 0 Å². The molecule has 0 bridgehead atoms. The van der Waals surface area contributed by atoms with Crippen molar-refractivity contribution in [3.05, 3.63) is 60.7 Å². The van der Waals surface area contributed by atoms with Gasteiger partial charge in [0.25, 0.3) is 0 Å². The van der Waals surface area contributed by atoms with E-state index in [9.17, 15) is 0 Å². The van der Waals surface area contributed by atoms with Gasteiger partial charge in [-0.2, -0.15) is 0 Å². The summed E-state index contributed by atoms with van der Waals surface area (Å²) in [5, 5.41) is 2.29. The molecule has 0 N–H and O–H groups in total. The lowest BCUT2D eigenvalue weighted by molar-refractivity contribution is 0.134. The smallest absolute Gasteiger partial charge is 0.413 e. The molecule has 0 heterocycles. The maximum Gasteiger partial charge on any atom is 0.526 e. The summed E-state index contributed by atoms with van der Waals surface area (Å²) >= 11 is 0. The molecule has 0 aliphatic rings. The quantitative estimate of drug-likeness (QED) is 0.687. The Labute approximate surface area is 130 Å². The summed E-state index contributed by atoms with van der Waals surface area (Å²) in [6.07, 6.45) is 0. The van der Waals surface area contributed by atoms with Crippen LogP contribution in [0.1, 0.15) is 13.8 Å². The summed E-state index contributed by atoms with van der Waals surface area (Å²) in [6.45, 7) is 5.14. The van der Waals surface area contributed by atoms with E-state index in [0.29, 0.717) is 13.2 Å². The molecule has 0 aromatic heterocycles. The average molecular weight is 319 g/mol. The largest absolute Gasteiger partial charge is 0.526 e. The Morgan fingerprint density at radius 2 is 1.33 bits per heavy atom. The predicted octanol–water partition coefficient (Wildman–Crippen LogP) is 1.33. The standard InChI is InChI=1S/C16H22O3Si2/c1-3-17-21(18-4-2,16-13-9-6-10-14-16)19-20-15-11-7-5-8-12-15/h5-14H,3-4,20H2,1-2H3. The van der Waals surface area contributed by atoms with Crippen LogP contribution in [0, 0.1) is 0 Å². The van der Waals surface area contributed by atoms with Gasteiger partial charge < -0.3 is 13.0 Å². The minimum absolute atomic E-state index is 0.588. The first-order chi connectivity index (χ1) is 10.3. The third-order valence-corrected chi connectivity index (χ3v) is 8.35. The fourth-order valence-corrected chi connectivity index (χ4v) is 7.15. The summed E-state index contributed by atoms with van der Waals surface area (Å²) in [7, 11) is -3.68. The van der Waals surface area contributed by atoms with Crippen LogP contribution in [-0.4, -0.2) is 31.8 Å². The zero-order valence-electron chi connectivity index (χ0n) is 12.6. The minimum atomic E-state index is -2.79. The molecule has 0 radical (unpaired) electrons. The molecular weight excluding hydrogens is 296 g/mol. The molecule has 0 fully saturated rings. The highest BCUT2D eigenvalue weighted by molar-refractivity contribution is 6.80. The fourth-order valence-electron chi connectivity index (χ4n) is 2.15. The molecular formula is C16H22O3Si2. The Kier molecular flexibility index (Phi) is 6.34. The van der Waals surface area contributed by atoms with E-state index in [1.54, 1.807) is 0 Å². The van der Waals surface area contributed by atoms with Crippen molar-refractivity contribution in [3.8, 4) is 0 Å². The Bertz CT molecular complexity index is 514. The molecule has 0 atom stereocenters. The summed E-state index contributed by atoms with van der Waals surface area (Å²) in [4.78, 5) is 0.